The van der Waals surface area contributed by atoms with Gasteiger partial charge in [-0.1, -0.05) is 19.9 Å². The first-order valence-corrected chi connectivity index (χ1v) is 5.72. The van der Waals surface area contributed by atoms with Gasteiger partial charge in [0.1, 0.15) is 0 Å². The molecule has 2 N–H and O–H groups in total. The van der Waals surface area contributed by atoms with Crippen LogP contribution in [0, 0.1) is 0 Å². The van der Waals surface area contributed by atoms with E-state index < -0.39 is 0 Å². The number of rotatable bonds is 8. The molecule has 0 aromatic rings. The Kier molecular flexibility index (Phi) is 16.4. The molecule has 0 saturated carbocycles. The van der Waals surface area contributed by atoms with Crippen LogP contribution in [-0.2, 0) is 14.3 Å². The predicted molar refractivity (Wildman–Crippen MR) is 65.7 cm³/mol. The van der Waals surface area contributed by atoms with Crippen LogP contribution in [0.2, 0.25) is 0 Å². The van der Waals surface area contributed by atoms with Gasteiger partial charge in [-0.3, -0.25) is 0 Å². The summed E-state index contributed by atoms with van der Waals surface area (Å²) in [7, 11) is 0. The second-order valence-electron chi connectivity index (χ2n) is 3.33. The van der Waals surface area contributed by atoms with E-state index in [0.717, 1.165) is 12.8 Å². The number of carbonyl (C=O) groups is 1. The molecule has 0 aliphatic carbocycles. The Morgan fingerprint density at radius 1 is 1.18 bits per heavy atom. The van der Waals surface area contributed by atoms with E-state index in [1.54, 1.807) is 6.92 Å². The van der Waals surface area contributed by atoms with Crippen molar-refractivity contribution in [1.82, 2.24) is 0 Å². The molecule has 17 heavy (non-hydrogen) atoms. The first kappa shape index (κ1) is 18.5. The van der Waals surface area contributed by atoms with Crippen molar-refractivity contribution < 1.29 is 24.5 Å². The molecule has 0 spiro atoms. The molecule has 0 aliphatic heterocycles. The molecule has 102 valence electrons. The molecule has 0 aliphatic rings. The minimum atomic E-state index is -0.284. The molecule has 5 heteroatoms. The third-order valence-electron chi connectivity index (χ3n) is 1.55. The third kappa shape index (κ3) is 17.7. The van der Waals surface area contributed by atoms with Gasteiger partial charge in [0.2, 0.25) is 0 Å². The smallest absolute Gasteiger partial charge is 0.333 e. The maximum absolute atomic E-state index is 10.7. The van der Waals surface area contributed by atoms with E-state index in [1.807, 2.05) is 0 Å². The minimum absolute atomic E-state index is 0.0278. The van der Waals surface area contributed by atoms with E-state index in [2.05, 4.69) is 18.2 Å². The molecular formula is C12H24O5. The molecule has 0 rings (SSSR count). The zero-order chi connectivity index (χ0) is 13.5. The zero-order valence-corrected chi connectivity index (χ0v) is 10.8. The summed E-state index contributed by atoms with van der Waals surface area (Å²) < 4.78 is 9.44. The minimum Gasteiger partial charge on any atom is -0.462 e. The summed E-state index contributed by atoms with van der Waals surface area (Å²) in [4.78, 5) is 10.7. The van der Waals surface area contributed by atoms with Gasteiger partial charge in [-0.2, -0.15) is 0 Å². The fourth-order valence-electron chi connectivity index (χ4n) is 0.664. The molecule has 0 radical (unpaired) electrons. The molecule has 5 nitrogen and oxygen atoms in total. The van der Waals surface area contributed by atoms with Crippen LogP contribution in [0.1, 0.15) is 26.7 Å². The standard InChI is InChI=1S/C8H14O2.C4H10O3/c1-4-5-6-10-8(9)7(2)3;5-1-3-7-4-2-6/h2,4-6H2,1,3H3;5-6H,1-4H2. The van der Waals surface area contributed by atoms with Gasteiger partial charge < -0.3 is 19.7 Å². The number of esters is 1. The lowest BCUT2D eigenvalue weighted by Gasteiger charge is -2.01. The Labute approximate surface area is 103 Å². The summed E-state index contributed by atoms with van der Waals surface area (Å²) >= 11 is 0. The Morgan fingerprint density at radius 2 is 1.71 bits per heavy atom. The first-order chi connectivity index (χ1) is 8.09. The van der Waals surface area contributed by atoms with Crippen LogP contribution in [0.4, 0.5) is 0 Å². The zero-order valence-electron chi connectivity index (χ0n) is 10.8. The molecule has 0 heterocycles. The fraction of sp³-hybridized carbons (Fsp3) is 0.750. The number of unbranched alkanes of at least 4 members (excludes halogenated alkanes) is 1. The van der Waals surface area contributed by atoms with E-state index in [-0.39, 0.29) is 19.2 Å². The number of hydrogen-bond donors (Lipinski definition) is 2. The quantitative estimate of drug-likeness (QED) is 0.379. The summed E-state index contributed by atoms with van der Waals surface area (Å²) in [5, 5.41) is 16.2. The van der Waals surface area contributed by atoms with Crippen molar-refractivity contribution in [2.24, 2.45) is 0 Å². The average Bonchev–Trinajstić information content (AvgIpc) is 2.30. The highest BCUT2D eigenvalue weighted by molar-refractivity contribution is 5.86. The fourth-order valence-corrected chi connectivity index (χ4v) is 0.664. The van der Waals surface area contributed by atoms with Crippen molar-refractivity contribution in [2.45, 2.75) is 26.7 Å². The molecule has 0 amide bonds. The first-order valence-electron chi connectivity index (χ1n) is 5.72. The predicted octanol–water partition coefficient (Wildman–Crippen LogP) is 0.893. The molecule has 0 saturated heterocycles. The number of aliphatic hydroxyl groups excluding tert-OH is 2. The molecule has 0 aromatic heterocycles. The average molecular weight is 248 g/mol. The van der Waals surface area contributed by atoms with E-state index in [9.17, 15) is 4.79 Å². The molecular weight excluding hydrogens is 224 g/mol. The lowest BCUT2D eigenvalue weighted by atomic mass is 10.3. The van der Waals surface area contributed by atoms with Crippen molar-refractivity contribution >= 4 is 5.97 Å². The van der Waals surface area contributed by atoms with E-state index in [4.69, 9.17) is 14.9 Å². The highest BCUT2D eigenvalue weighted by Crippen LogP contribution is 1.94. The SMILES string of the molecule is C=C(C)C(=O)OCCCC.OCCOCCO. The lowest BCUT2D eigenvalue weighted by molar-refractivity contribution is -0.139. The van der Waals surface area contributed by atoms with Gasteiger partial charge in [0.25, 0.3) is 0 Å². The number of aliphatic hydroxyl groups is 2. The Balaban J connectivity index is 0. The van der Waals surface area contributed by atoms with Crippen LogP contribution in [0.5, 0.6) is 0 Å². The summed E-state index contributed by atoms with van der Waals surface area (Å²) in [5.41, 5.74) is 0.469. The largest absolute Gasteiger partial charge is 0.462 e. The van der Waals surface area contributed by atoms with Crippen LogP contribution in [-0.4, -0.2) is 49.2 Å². The van der Waals surface area contributed by atoms with Crippen molar-refractivity contribution in [1.29, 1.82) is 0 Å². The molecule has 0 bridgehead atoms. The summed E-state index contributed by atoms with van der Waals surface area (Å²) in [5.74, 6) is -0.284. The maximum Gasteiger partial charge on any atom is 0.333 e. The van der Waals surface area contributed by atoms with Crippen LogP contribution in [0.15, 0.2) is 12.2 Å². The van der Waals surface area contributed by atoms with E-state index >= 15 is 0 Å². The van der Waals surface area contributed by atoms with Crippen LogP contribution < -0.4 is 0 Å². The van der Waals surface area contributed by atoms with Crippen LogP contribution >= 0.6 is 0 Å². The normalized spacial score (nSPS) is 9.18. The van der Waals surface area contributed by atoms with E-state index in [0.29, 0.717) is 25.4 Å². The van der Waals surface area contributed by atoms with Crippen molar-refractivity contribution in [3.05, 3.63) is 12.2 Å². The lowest BCUT2D eigenvalue weighted by Crippen LogP contribution is -2.05. The second kappa shape index (κ2) is 15.1. The monoisotopic (exact) mass is 248 g/mol. The van der Waals surface area contributed by atoms with Gasteiger partial charge in [-0.15, -0.1) is 0 Å². The highest BCUT2D eigenvalue weighted by atomic mass is 16.5. The summed E-state index contributed by atoms with van der Waals surface area (Å²) in [6.45, 7) is 8.37. The highest BCUT2D eigenvalue weighted by Gasteiger charge is 2.00. The van der Waals surface area contributed by atoms with Crippen molar-refractivity contribution in [2.75, 3.05) is 33.0 Å². The Morgan fingerprint density at radius 3 is 2.06 bits per heavy atom. The number of hydrogen-bond acceptors (Lipinski definition) is 5. The van der Waals surface area contributed by atoms with E-state index in [1.165, 1.54) is 0 Å². The van der Waals surface area contributed by atoms with Gasteiger partial charge in [0.05, 0.1) is 33.0 Å². The van der Waals surface area contributed by atoms with Crippen LogP contribution in [0.25, 0.3) is 0 Å². The Bertz CT molecular complexity index is 187. The molecule has 0 atom stereocenters. The molecule has 0 unspecified atom stereocenters. The van der Waals surface area contributed by atoms with Gasteiger partial charge in [-0.05, 0) is 13.3 Å². The third-order valence-corrected chi connectivity index (χ3v) is 1.55. The molecule has 0 fully saturated rings. The number of ether oxygens (including phenoxy) is 2. The summed E-state index contributed by atoms with van der Waals surface area (Å²) in [6, 6.07) is 0. The van der Waals surface area contributed by atoms with Crippen molar-refractivity contribution in [3.8, 4) is 0 Å². The number of carbonyl (C=O) groups excluding carboxylic acids is 1. The Hall–Kier alpha value is -0.910. The van der Waals surface area contributed by atoms with Gasteiger partial charge in [-0.25, -0.2) is 4.79 Å². The topological polar surface area (TPSA) is 76.0 Å². The maximum atomic E-state index is 10.7. The van der Waals surface area contributed by atoms with Crippen molar-refractivity contribution in [3.63, 3.8) is 0 Å². The molecule has 0 aromatic carbocycles. The van der Waals surface area contributed by atoms with Crippen LogP contribution in [0.3, 0.4) is 0 Å². The summed E-state index contributed by atoms with van der Waals surface area (Å²) in [6.07, 6.45) is 1.97. The second-order valence-corrected chi connectivity index (χ2v) is 3.33. The van der Waals surface area contributed by atoms with Gasteiger partial charge in [0, 0.05) is 5.57 Å². The van der Waals surface area contributed by atoms with Gasteiger partial charge >= 0.3 is 5.97 Å². The van der Waals surface area contributed by atoms with Gasteiger partial charge in [0.15, 0.2) is 0 Å².